The average Bonchev–Trinajstić information content (AvgIpc) is 3.24. The molecule has 55 heteroatoms. The van der Waals surface area contributed by atoms with E-state index in [0.717, 1.165) is 0 Å². The Morgan fingerprint density at radius 2 is 0.412 bits per heavy atom. The van der Waals surface area contributed by atoms with Crippen molar-refractivity contribution in [3.63, 3.8) is 0 Å². The van der Waals surface area contributed by atoms with Crippen molar-refractivity contribution in [3.8, 4) is 0 Å². The predicted octanol–water partition coefficient (Wildman–Crippen LogP) is -24.3. The zero-order valence-corrected chi connectivity index (χ0v) is 66.9. The van der Waals surface area contributed by atoms with E-state index in [0.29, 0.717) is 0 Å². The second kappa shape index (κ2) is 53.1. The van der Waals surface area contributed by atoms with Gasteiger partial charge in [0.25, 0.3) is 0 Å². The number of rotatable bonds is 35. The van der Waals surface area contributed by atoms with Gasteiger partial charge in [-0.15, -0.1) is 0 Å². The first-order valence-electron chi connectivity index (χ1n) is 23.1. The molecule has 0 aromatic heterocycles. The van der Waals surface area contributed by atoms with Crippen molar-refractivity contribution in [2.24, 2.45) is 57.3 Å². The van der Waals surface area contributed by atoms with Crippen molar-refractivity contribution in [3.05, 3.63) is 0 Å². The Morgan fingerprint density at radius 1 is 0.271 bits per heavy atom. The summed E-state index contributed by atoms with van der Waals surface area (Å²) in [4.78, 5) is 185. The number of hydrogen-bond donors (Lipinski definition) is 25. The molecule has 0 rings (SSSR count). The monoisotopic (exact) mass is 1490 g/mol. The summed E-state index contributed by atoms with van der Waals surface area (Å²) in [6.07, 6.45) is -3.07. The molecule has 0 saturated carbocycles. The van der Waals surface area contributed by atoms with E-state index in [1.807, 2.05) is 0 Å². The molecule has 0 aliphatic heterocycles. The second-order valence-electron chi connectivity index (χ2n) is 17.8. The minimum absolute atomic E-state index is 0. The summed E-state index contributed by atoms with van der Waals surface area (Å²) in [7, 11) is -44.0. The summed E-state index contributed by atoms with van der Waals surface area (Å²) in [6, 6.07) is -4.70. The van der Waals surface area contributed by atoms with Crippen molar-refractivity contribution in [2.45, 2.75) is 123 Å². The normalized spacial score (nSPS) is 16.7. The fourth-order valence-corrected chi connectivity index (χ4v) is 15.0. The fourth-order valence-electron chi connectivity index (χ4n) is 6.41. The van der Waals surface area contributed by atoms with Gasteiger partial charge < -0.3 is 169 Å². The molecule has 0 aliphatic carbocycles. The molecular weight excluding hydrogens is 1410 g/mol. The first-order valence-corrected chi connectivity index (χ1v) is 40.3. The van der Waals surface area contributed by atoms with E-state index >= 15 is 0 Å². The van der Waals surface area contributed by atoms with Gasteiger partial charge in [-0.2, -0.15) is 0 Å². The van der Waals surface area contributed by atoms with Crippen molar-refractivity contribution >= 4 is 76.0 Å². The predicted molar refractivity (Wildman–Crippen MR) is 284 cm³/mol. The van der Waals surface area contributed by atoms with Gasteiger partial charge in [-0.1, -0.05) is 15.2 Å². The molecule has 0 aromatic carbocycles. The Hall–Kier alpha value is 6.10. The Balaban J connectivity index is -0.000000102. The van der Waals surface area contributed by atoms with Crippen molar-refractivity contribution in [2.75, 3.05) is 63.5 Å². The molecule has 0 heterocycles. The first kappa shape index (κ1) is 112. The Morgan fingerprint density at radius 3 is 0.541 bits per heavy atom. The van der Waals surface area contributed by atoms with Gasteiger partial charge in [0, 0.05) is 111 Å². The van der Waals surface area contributed by atoms with Gasteiger partial charge in [0.05, 0.1) is 11.3 Å². The summed E-state index contributed by atoms with van der Waals surface area (Å²) < 4.78 is 107. The molecule has 0 aromatic rings. The van der Waals surface area contributed by atoms with Crippen molar-refractivity contribution in [1.29, 1.82) is 0 Å². The molecule has 11 unspecified atom stereocenters. The topological polar surface area (TPSA) is 850 Å². The summed E-state index contributed by atoms with van der Waals surface area (Å²) in [6.45, 7) is -0.658. The zero-order valence-electron chi connectivity index (χ0n) is 48.0. The third-order valence-electron chi connectivity index (χ3n) is 10.7. The van der Waals surface area contributed by atoms with Gasteiger partial charge in [0.1, 0.15) is 7.60 Å². The summed E-state index contributed by atoms with van der Waals surface area (Å²) in [5.74, 6) is 0. The van der Waals surface area contributed by atoms with Crippen LogP contribution in [0.3, 0.4) is 0 Å². The Kier molecular flexibility index (Phi) is 70.2. The van der Waals surface area contributed by atoms with Gasteiger partial charge in [0.2, 0.25) is 0 Å². The third kappa shape index (κ3) is 68.4. The van der Waals surface area contributed by atoms with Crippen LogP contribution in [0.5, 0.6) is 0 Å². The van der Waals surface area contributed by atoms with Crippen LogP contribution in [0.2, 0.25) is 0 Å². The van der Waals surface area contributed by atoms with E-state index in [9.17, 15) is 70.1 Å². The molecule has 0 amide bonds. The van der Waals surface area contributed by atoms with Gasteiger partial charge in [-0.25, -0.2) is 0 Å². The van der Waals surface area contributed by atoms with Crippen LogP contribution in [0, 0.1) is 0 Å². The standard InChI is InChI=1S/5C6H18N2O6P2.5Na/c5*7-4-5(8)6(16(12,13)14)2-1-3-15(9,10)11;;;;;/h5*5-6H,1-4,7-8H2,(H2,9,10,11)(H2,12,13,14);;;;;/q;;;;;5*+1/p-5. The zero-order chi connectivity index (χ0) is 64.9. The van der Waals surface area contributed by atoms with Crippen LogP contribution in [0.25, 0.3) is 0 Å². The molecular formula is C30H85N10Na5O30P10. The number of nitrogens with two attached hydrogens (primary N) is 10. The minimum atomic E-state index is -4.89. The average molecular weight is 1490 g/mol. The molecule has 35 N–H and O–H groups in total. The summed E-state index contributed by atoms with van der Waals surface area (Å²) in [5.41, 5.74) is 46.6. The van der Waals surface area contributed by atoms with Crippen LogP contribution in [-0.4, -0.2) is 195 Å². The van der Waals surface area contributed by atoms with Gasteiger partial charge in [-0.3, -0.25) is 32.0 Å². The van der Waals surface area contributed by atoms with Crippen LogP contribution in [0.1, 0.15) is 64.2 Å². The van der Waals surface area contributed by atoms with Crippen LogP contribution in [0.4, 0.5) is 0 Å². The molecule has 40 nitrogen and oxygen atoms in total. The van der Waals surface area contributed by atoms with E-state index in [1.54, 1.807) is 0 Å². The van der Waals surface area contributed by atoms with E-state index in [4.69, 9.17) is 131 Å². The fraction of sp³-hybridized carbons (Fsp3) is 1.00. The Bertz CT molecular complexity index is 1870. The van der Waals surface area contributed by atoms with Gasteiger partial charge >= 0.3 is 201 Å². The first-order chi connectivity index (χ1) is 35.4. The molecule has 0 spiro atoms. The maximum absolute atomic E-state index is 11.1. The molecule has 0 bridgehead atoms. The second-order valence-corrected chi connectivity index (χ2v) is 35.7. The van der Waals surface area contributed by atoms with Crippen LogP contribution < -0.4 is 230 Å². The maximum atomic E-state index is 11.1. The molecule has 490 valence electrons. The minimum Gasteiger partial charge on any atom is -0.810 e. The molecule has 0 radical (unpaired) electrons. The third-order valence-corrected chi connectivity index (χ3v) is 22.6. The van der Waals surface area contributed by atoms with Crippen molar-refractivity contribution < 1.29 is 291 Å². The largest absolute Gasteiger partial charge is 1.00 e. The molecule has 11 atom stereocenters. The van der Waals surface area contributed by atoms with E-state index in [2.05, 4.69) is 0 Å². The van der Waals surface area contributed by atoms with Crippen LogP contribution >= 0.6 is 76.0 Å². The Labute approximate surface area is 603 Å². The van der Waals surface area contributed by atoms with E-state index in [1.165, 1.54) is 0 Å². The van der Waals surface area contributed by atoms with E-state index < -0.39 is 165 Å². The summed E-state index contributed by atoms with van der Waals surface area (Å²) >= 11 is 0. The molecule has 0 aliphatic rings. The van der Waals surface area contributed by atoms with E-state index in [-0.39, 0.29) is 245 Å². The van der Waals surface area contributed by atoms with Crippen LogP contribution in [-0.2, 0) is 45.7 Å². The van der Waals surface area contributed by atoms with Crippen molar-refractivity contribution in [1.82, 2.24) is 0 Å². The van der Waals surface area contributed by atoms with Crippen LogP contribution in [0.15, 0.2) is 0 Å². The molecule has 0 saturated heterocycles. The van der Waals surface area contributed by atoms with Gasteiger partial charge in [0.15, 0.2) is 0 Å². The smallest absolute Gasteiger partial charge is 0.810 e. The quantitative estimate of drug-likeness (QED) is 0.0207. The summed E-state index contributed by atoms with van der Waals surface area (Å²) in [5, 5.41) is 0. The SMILES string of the molecule is NCC(N)C(CCCP(=O)(O)O)P(=O)(O)O.NCC(N)C(CCCP(=O)(O)O)P(=O)(O)O.NCC(N)C(CCCP(=O)(O)O)P(=O)([O-])O.NCC(N)C(CCCP(=O)(O)O)P(=O)([O-])[O-].NCC(N)C(CCCP(=O)(O)O)P(=O)([O-])[O-].[Na+].[Na+].[Na+].[Na+].[Na+]. The molecule has 85 heavy (non-hydrogen) atoms. The molecule has 0 fully saturated rings. The number of hydrogen-bond acceptors (Lipinski definition) is 25. The van der Waals surface area contributed by atoms with Gasteiger partial charge in [-0.05, 0) is 64.2 Å². The maximum Gasteiger partial charge on any atom is 1.00 e.